The third-order valence-corrected chi connectivity index (χ3v) is 7.50. The molecule has 0 radical (unpaired) electrons. The number of urea groups is 1. The van der Waals surface area contributed by atoms with E-state index < -0.39 is 24.1 Å². The van der Waals surface area contributed by atoms with Gasteiger partial charge in [0.25, 0.3) is 0 Å². The first kappa shape index (κ1) is 28.6. The number of anilines is 1. The lowest BCUT2D eigenvalue weighted by Crippen LogP contribution is -2.76. The third kappa shape index (κ3) is 6.06. The Balaban J connectivity index is 1.50. The summed E-state index contributed by atoms with van der Waals surface area (Å²) in [6.07, 6.45) is 0.945. The van der Waals surface area contributed by atoms with Crippen LogP contribution in [0.3, 0.4) is 0 Å². The van der Waals surface area contributed by atoms with Crippen molar-refractivity contribution in [1.29, 1.82) is 0 Å². The van der Waals surface area contributed by atoms with Gasteiger partial charge >= 0.3 is 6.03 Å². The minimum absolute atomic E-state index is 0.0138. The molecule has 3 aromatic rings. The number of amides is 4. The van der Waals surface area contributed by atoms with Crippen LogP contribution in [0.25, 0.3) is 0 Å². The van der Waals surface area contributed by atoms with Gasteiger partial charge in [-0.05, 0) is 41.0 Å². The number of nitrogens with zero attached hydrogens (tertiary/aromatic N) is 4. The van der Waals surface area contributed by atoms with Crippen LogP contribution in [-0.4, -0.2) is 74.6 Å². The van der Waals surface area contributed by atoms with Crippen molar-refractivity contribution in [1.82, 2.24) is 25.1 Å². The smallest absolute Gasteiger partial charge is 0.334 e. The van der Waals surface area contributed by atoms with Crippen LogP contribution in [0.5, 0.6) is 5.75 Å². The number of nitrogens with two attached hydrogens (primary N) is 1. The molecule has 2 aliphatic rings. The Hall–Kier alpha value is -4.90. The molecule has 0 aliphatic carbocycles. The number of halogens is 1. The summed E-state index contributed by atoms with van der Waals surface area (Å²) < 4.78 is 13.8. The quantitative estimate of drug-likeness (QED) is 0.282. The summed E-state index contributed by atoms with van der Waals surface area (Å²) in [4.78, 5) is 44.4. The van der Waals surface area contributed by atoms with Crippen LogP contribution < -0.4 is 11.1 Å². The van der Waals surface area contributed by atoms with Gasteiger partial charge in [-0.15, -0.1) is 6.58 Å². The molecule has 4 amide bonds. The highest BCUT2D eigenvalue weighted by Crippen LogP contribution is 2.30. The van der Waals surface area contributed by atoms with E-state index in [-0.39, 0.29) is 62.4 Å². The molecule has 11 heteroatoms. The minimum atomic E-state index is -0.933. The van der Waals surface area contributed by atoms with Crippen molar-refractivity contribution in [2.24, 2.45) is 0 Å². The maximum Gasteiger partial charge on any atom is 0.334 e. The van der Waals surface area contributed by atoms with Crippen molar-refractivity contribution in [2.45, 2.75) is 31.7 Å². The van der Waals surface area contributed by atoms with Crippen molar-refractivity contribution in [3.05, 3.63) is 108 Å². The average Bonchev–Trinajstić information content (AvgIpc) is 2.97. The number of fused-ring (bicyclic) bond motifs is 1. The topological polar surface area (TPSA) is 122 Å². The fraction of sp³-hybridized carbons (Fsp3) is 0.258. The second-order valence-electron chi connectivity index (χ2n) is 10.4. The largest absolute Gasteiger partial charge is 0.508 e. The number of piperazine rings is 1. The van der Waals surface area contributed by atoms with Gasteiger partial charge in [0.05, 0.1) is 13.1 Å². The van der Waals surface area contributed by atoms with E-state index in [1.54, 1.807) is 28.1 Å². The molecule has 42 heavy (non-hydrogen) atoms. The van der Waals surface area contributed by atoms with E-state index in [9.17, 15) is 23.9 Å². The summed E-state index contributed by atoms with van der Waals surface area (Å²) in [6.45, 7) is 4.26. The number of benzene rings is 3. The molecular formula is C31H33FN6O4. The molecule has 2 heterocycles. The van der Waals surface area contributed by atoms with Crippen LogP contribution in [0.2, 0.25) is 0 Å². The number of phenols is 1. The van der Waals surface area contributed by atoms with Gasteiger partial charge in [0, 0.05) is 31.7 Å². The number of phenolic OH excluding ortho intramolecular Hbond substituents is 1. The number of rotatable bonds is 8. The SMILES string of the molecule is C=CCN1CC(=O)N2[C@@H](CN(Cc3ccc(F)cc3N)C(=O)[C@@H]2Cc2ccc(O)cc2)N1C(=O)NCc1ccccc1. The Morgan fingerprint density at radius 1 is 1.07 bits per heavy atom. The Labute approximate surface area is 243 Å². The van der Waals surface area contributed by atoms with E-state index in [1.165, 1.54) is 40.2 Å². The number of aromatic hydroxyl groups is 1. The first-order chi connectivity index (χ1) is 20.2. The van der Waals surface area contributed by atoms with E-state index in [2.05, 4.69) is 11.9 Å². The number of hydrogen-bond acceptors (Lipinski definition) is 6. The van der Waals surface area contributed by atoms with E-state index >= 15 is 0 Å². The molecule has 10 nitrogen and oxygen atoms in total. The lowest BCUT2D eigenvalue weighted by molar-refractivity contribution is -0.189. The molecule has 0 aromatic heterocycles. The van der Waals surface area contributed by atoms with Gasteiger partial charge in [0.15, 0.2) is 0 Å². The molecule has 2 aliphatic heterocycles. The van der Waals surface area contributed by atoms with E-state index in [1.807, 2.05) is 30.3 Å². The van der Waals surface area contributed by atoms with Crippen molar-refractivity contribution in [3.63, 3.8) is 0 Å². The normalized spacial score (nSPS) is 19.0. The molecule has 5 rings (SSSR count). The summed E-state index contributed by atoms with van der Waals surface area (Å²) in [5, 5.41) is 15.8. The molecule has 0 bridgehead atoms. The van der Waals surface area contributed by atoms with E-state index in [0.717, 1.165) is 11.1 Å². The molecule has 0 saturated carbocycles. The summed E-state index contributed by atoms with van der Waals surface area (Å²) in [7, 11) is 0. The van der Waals surface area contributed by atoms with Crippen molar-refractivity contribution >= 4 is 23.5 Å². The summed E-state index contributed by atoms with van der Waals surface area (Å²) in [5.41, 5.74) is 8.47. The molecule has 2 atom stereocenters. The fourth-order valence-electron chi connectivity index (χ4n) is 5.47. The van der Waals surface area contributed by atoms with Gasteiger partial charge < -0.3 is 26.0 Å². The third-order valence-electron chi connectivity index (χ3n) is 7.50. The van der Waals surface area contributed by atoms with Crippen LogP contribution in [0.15, 0.2) is 85.5 Å². The predicted molar refractivity (Wildman–Crippen MR) is 155 cm³/mol. The predicted octanol–water partition coefficient (Wildman–Crippen LogP) is 2.85. The van der Waals surface area contributed by atoms with Crippen LogP contribution >= 0.6 is 0 Å². The molecule has 0 spiro atoms. The molecule has 0 unspecified atom stereocenters. The van der Waals surface area contributed by atoms with E-state index in [4.69, 9.17) is 5.73 Å². The molecular weight excluding hydrogens is 539 g/mol. The van der Waals surface area contributed by atoms with Gasteiger partial charge in [-0.1, -0.05) is 54.6 Å². The van der Waals surface area contributed by atoms with Gasteiger partial charge in [-0.2, -0.15) is 0 Å². The number of hydrogen-bond donors (Lipinski definition) is 3. The molecule has 218 valence electrons. The zero-order valence-corrected chi connectivity index (χ0v) is 23.0. The maximum absolute atomic E-state index is 14.0. The summed E-state index contributed by atoms with van der Waals surface area (Å²) in [6, 6.07) is 18.5. The lowest BCUT2D eigenvalue weighted by atomic mass is 9.98. The molecule has 3 aromatic carbocycles. The van der Waals surface area contributed by atoms with Crippen LogP contribution in [0.1, 0.15) is 16.7 Å². The van der Waals surface area contributed by atoms with E-state index in [0.29, 0.717) is 5.56 Å². The number of hydrazine groups is 1. The highest BCUT2D eigenvalue weighted by atomic mass is 19.1. The molecule has 4 N–H and O–H groups in total. The first-order valence-electron chi connectivity index (χ1n) is 13.6. The van der Waals surface area contributed by atoms with Gasteiger partial charge in [0.2, 0.25) is 11.8 Å². The Morgan fingerprint density at radius 3 is 2.50 bits per heavy atom. The number of carbonyl (C=O) groups excluding carboxylic acids is 3. The van der Waals surface area contributed by atoms with Gasteiger partial charge in [-0.3, -0.25) is 9.59 Å². The maximum atomic E-state index is 14.0. The Morgan fingerprint density at radius 2 is 1.81 bits per heavy atom. The van der Waals surface area contributed by atoms with Crippen molar-refractivity contribution in [2.75, 3.05) is 25.4 Å². The summed E-state index contributed by atoms with van der Waals surface area (Å²) in [5.74, 6) is -1.03. The lowest BCUT2D eigenvalue weighted by Gasteiger charge is -2.55. The number of nitrogens with one attached hydrogen (secondary N) is 1. The highest BCUT2D eigenvalue weighted by molar-refractivity contribution is 5.91. The van der Waals surface area contributed by atoms with Gasteiger partial charge in [0.1, 0.15) is 23.8 Å². The fourth-order valence-corrected chi connectivity index (χ4v) is 5.47. The van der Waals surface area contributed by atoms with Crippen LogP contribution in [0.4, 0.5) is 14.9 Å². The van der Waals surface area contributed by atoms with Crippen LogP contribution in [-0.2, 0) is 29.1 Å². The van der Waals surface area contributed by atoms with Crippen LogP contribution in [0, 0.1) is 5.82 Å². The average molecular weight is 573 g/mol. The molecule has 2 saturated heterocycles. The second kappa shape index (κ2) is 12.3. The Bertz CT molecular complexity index is 1470. The van der Waals surface area contributed by atoms with Crippen molar-refractivity contribution < 1.29 is 23.9 Å². The summed E-state index contributed by atoms with van der Waals surface area (Å²) >= 11 is 0. The minimum Gasteiger partial charge on any atom is -0.508 e. The van der Waals surface area contributed by atoms with Crippen molar-refractivity contribution in [3.8, 4) is 5.75 Å². The Kier molecular flexibility index (Phi) is 8.39. The monoisotopic (exact) mass is 572 g/mol. The standard InChI is InChI=1S/C31H33FN6O4/c1-2-14-36-20-29(40)37-27(15-21-8-12-25(39)13-9-21)30(41)35(18-23-10-11-24(32)16-26(23)33)19-28(37)38(36)31(42)34-17-22-6-4-3-5-7-22/h2-13,16,27-28,39H,1,14-15,17-20,33H2,(H,34,42)/t27-,28+/m0/s1. The number of nitrogen functional groups attached to an aromatic ring is 1. The van der Waals surface area contributed by atoms with Gasteiger partial charge in [-0.25, -0.2) is 19.2 Å². The highest BCUT2D eigenvalue weighted by Gasteiger charge is 2.51. The zero-order valence-electron chi connectivity index (χ0n) is 23.0. The molecule has 2 fully saturated rings. The number of carbonyl (C=O) groups is 3. The zero-order chi connectivity index (χ0) is 29.8. The first-order valence-corrected chi connectivity index (χ1v) is 13.6. The second-order valence-corrected chi connectivity index (χ2v) is 10.4.